The van der Waals surface area contributed by atoms with Crippen molar-refractivity contribution < 1.29 is 33.4 Å². The van der Waals surface area contributed by atoms with Crippen LogP contribution in [0, 0.1) is 0 Å². The van der Waals surface area contributed by atoms with Crippen molar-refractivity contribution in [1.82, 2.24) is 4.90 Å². The summed E-state index contributed by atoms with van der Waals surface area (Å²) in [7, 11) is 4.13. The summed E-state index contributed by atoms with van der Waals surface area (Å²) in [5, 5.41) is 2.66. The predicted octanol–water partition coefficient (Wildman–Crippen LogP) is 1.05. The molecule has 0 unspecified atom stereocenters. The monoisotopic (exact) mass is 413 g/mol. The van der Waals surface area contributed by atoms with Crippen LogP contribution in [0.25, 0.3) is 0 Å². The third-order valence-electron chi connectivity index (χ3n) is 4.43. The Hall–Kier alpha value is -4.08. The Morgan fingerprint density at radius 1 is 1.00 bits per heavy atom. The van der Waals surface area contributed by atoms with E-state index in [1.807, 2.05) is 0 Å². The minimum absolute atomic E-state index is 0.125. The van der Waals surface area contributed by atoms with E-state index in [-0.39, 0.29) is 33.9 Å². The number of hydrogen-bond donors (Lipinski definition) is 2. The fourth-order valence-corrected chi connectivity index (χ4v) is 2.94. The van der Waals surface area contributed by atoms with Gasteiger partial charge in [-0.2, -0.15) is 0 Å². The molecule has 3 rings (SSSR count). The summed E-state index contributed by atoms with van der Waals surface area (Å²) in [6, 6.07) is 7.26. The van der Waals surface area contributed by atoms with Crippen LogP contribution >= 0.6 is 0 Å². The second-order valence-electron chi connectivity index (χ2n) is 6.35. The summed E-state index contributed by atoms with van der Waals surface area (Å²) in [5.74, 6) is -1.58. The molecule has 0 aromatic heterocycles. The van der Waals surface area contributed by atoms with E-state index in [9.17, 15) is 19.2 Å². The van der Waals surface area contributed by atoms with Gasteiger partial charge in [-0.3, -0.25) is 24.1 Å². The maximum atomic E-state index is 12.7. The average Bonchev–Trinajstić information content (AvgIpc) is 2.95. The van der Waals surface area contributed by atoms with Gasteiger partial charge in [0.25, 0.3) is 23.6 Å². The highest BCUT2D eigenvalue weighted by Crippen LogP contribution is 2.38. The molecule has 2 aromatic rings. The molecule has 0 saturated heterocycles. The summed E-state index contributed by atoms with van der Waals surface area (Å²) in [6.45, 7) is -0.394. The number of benzene rings is 2. The molecule has 4 amide bonds. The van der Waals surface area contributed by atoms with Crippen molar-refractivity contribution >= 4 is 29.3 Å². The molecule has 0 spiro atoms. The minimum Gasteiger partial charge on any atom is -0.493 e. The van der Waals surface area contributed by atoms with Crippen LogP contribution in [0.15, 0.2) is 30.3 Å². The lowest BCUT2D eigenvalue weighted by molar-refractivity contribution is -0.120. The Morgan fingerprint density at radius 3 is 2.17 bits per heavy atom. The molecule has 10 nitrogen and oxygen atoms in total. The fraction of sp³-hybridized carbons (Fsp3) is 0.200. The molecule has 156 valence electrons. The summed E-state index contributed by atoms with van der Waals surface area (Å²) in [6.07, 6.45) is 0. The Bertz CT molecular complexity index is 1040. The summed E-state index contributed by atoms with van der Waals surface area (Å²) >= 11 is 0. The molecule has 0 fully saturated rings. The maximum absolute atomic E-state index is 12.7. The van der Waals surface area contributed by atoms with E-state index >= 15 is 0 Å². The van der Waals surface area contributed by atoms with Crippen molar-refractivity contribution in [2.45, 2.75) is 0 Å². The summed E-state index contributed by atoms with van der Waals surface area (Å²) in [4.78, 5) is 48.9. The zero-order chi connectivity index (χ0) is 22.0. The molecule has 1 aliphatic heterocycles. The highest BCUT2D eigenvalue weighted by molar-refractivity contribution is 6.21. The zero-order valence-corrected chi connectivity index (χ0v) is 16.5. The van der Waals surface area contributed by atoms with Gasteiger partial charge in [0.1, 0.15) is 0 Å². The number of carbonyl (C=O) groups excluding carboxylic acids is 4. The number of nitrogens with zero attached hydrogens (tertiary/aromatic N) is 1. The standard InChI is InChI=1S/C20H19N3O7/c1-23-19(26)12-5-4-11(8-13(12)20(23)27)22-18(25)10-6-14(28-2)17(15(7-10)29-3)30-9-16(21)24/h4-8H,9H2,1-3H3,(H2,21,24)(H,22,25). The first-order valence-corrected chi connectivity index (χ1v) is 8.71. The number of amides is 4. The van der Waals surface area contributed by atoms with Crippen LogP contribution in [0.3, 0.4) is 0 Å². The molecule has 2 aromatic carbocycles. The number of hydrogen-bond acceptors (Lipinski definition) is 7. The van der Waals surface area contributed by atoms with E-state index in [0.29, 0.717) is 5.69 Å². The Labute approximate surface area is 171 Å². The van der Waals surface area contributed by atoms with Crippen molar-refractivity contribution in [3.05, 3.63) is 47.0 Å². The van der Waals surface area contributed by atoms with E-state index in [1.165, 1.54) is 51.6 Å². The quantitative estimate of drug-likeness (QED) is 0.647. The molecule has 10 heteroatoms. The molecule has 0 radical (unpaired) electrons. The smallest absolute Gasteiger partial charge is 0.261 e. The van der Waals surface area contributed by atoms with E-state index in [0.717, 1.165) is 4.90 Å². The van der Waals surface area contributed by atoms with Crippen LogP contribution in [-0.4, -0.2) is 56.4 Å². The van der Waals surface area contributed by atoms with Gasteiger partial charge >= 0.3 is 0 Å². The third-order valence-corrected chi connectivity index (χ3v) is 4.43. The Morgan fingerprint density at radius 2 is 1.60 bits per heavy atom. The van der Waals surface area contributed by atoms with Crippen LogP contribution in [0.2, 0.25) is 0 Å². The average molecular weight is 413 g/mol. The summed E-state index contributed by atoms with van der Waals surface area (Å²) < 4.78 is 15.8. The molecule has 0 saturated carbocycles. The number of methoxy groups -OCH3 is 2. The highest BCUT2D eigenvalue weighted by atomic mass is 16.5. The lowest BCUT2D eigenvalue weighted by Crippen LogP contribution is -2.24. The molecule has 0 bridgehead atoms. The number of nitrogens with one attached hydrogen (secondary N) is 1. The van der Waals surface area contributed by atoms with Gasteiger partial charge in [-0.15, -0.1) is 0 Å². The molecule has 1 aliphatic rings. The molecule has 1 heterocycles. The second kappa shape index (κ2) is 8.11. The lowest BCUT2D eigenvalue weighted by Gasteiger charge is -2.15. The summed E-state index contributed by atoms with van der Waals surface area (Å²) in [5.41, 5.74) is 6.10. The van der Waals surface area contributed by atoms with Crippen molar-refractivity contribution in [3.63, 3.8) is 0 Å². The predicted molar refractivity (Wildman–Crippen MR) is 105 cm³/mol. The Kier molecular flexibility index (Phi) is 5.58. The number of nitrogens with two attached hydrogens (primary N) is 1. The first-order chi connectivity index (χ1) is 14.3. The normalized spacial score (nSPS) is 12.4. The van der Waals surface area contributed by atoms with Gasteiger partial charge < -0.3 is 25.3 Å². The molecular formula is C20H19N3O7. The topological polar surface area (TPSA) is 137 Å². The van der Waals surface area contributed by atoms with Crippen molar-refractivity contribution in [3.8, 4) is 17.2 Å². The molecule has 30 heavy (non-hydrogen) atoms. The van der Waals surface area contributed by atoms with Gasteiger partial charge in [-0.1, -0.05) is 0 Å². The van der Waals surface area contributed by atoms with Gasteiger partial charge in [0.2, 0.25) is 5.75 Å². The minimum atomic E-state index is -0.684. The maximum Gasteiger partial charge on any atom is 0.261 e. The van der Waals surface area contributed by atoms with E-state index in [2.05, 4.69) is 5.32 Å². The number of carbonyl (C=O) groups is 4. The van der Waals surface area contributed by atoms with Gasteiger partial charge in [-0.05, 0) is 30.3 Å². The van der Waals surface area contributed by atoms with E-state index in [1.54, 1.807) is 0 Å². The molecule has 0 aliphatic carbocycles. The van der Waals surface area contributed by atoms with Crippen LogP contribution in [-0.2, 0) is 4.79 Å². The lowest BCUT2D eigenvalue weighted by atomic mass is 10.1. The number of primary amides is 1. The van der Waals surface area contributed by atoms with Gasteiger partial charge in [-0.25, -0.2) is 0 Å². The first kappa shape index (κ1) is 20.6. The van der Waals surface area contributed by atoms with Gasteiger partial charge in [0.05, 0.1) is 25.3 Å². The Balaban J connectivity index is 1.88. The van der Waals surface area contributed by atoms with Crippen molar-refractivity contribution in [2.75, 3.05) is 33.2 Å². The van der Waals surface area contributed by atoms with E-state index < -0.39 is 30.2 Å². The van der Waals surface area contributed by atoms with Gasteiger partial charge in [0, 0.05) is 18.3 Å². The van der Waals surface area contributed by atoms with Crippen LogP contribution in [0.1, 0.15) is 31.1 Å². The first-order valence-electron chi connectivity index (χ1n) is 8.71. The molecule has 0 atom stereocenters. The van der Waals surface area contributed by atoms with Crippen molar-refractivity contribution in [2.24, 2.45) is 5.73 Å². The largest absolute Gasteiger partial charge is 0.493 e. The van der Waals surface area contributed by atoms with Crippen molar-refractivity contribution in [1.29, 1.82) is 0 Å². The zero-order valence-electron chi connectivity index (χ0n) is 16.5. The number of ether oxygens (including phenoxy) is 3. The van der Waals surface area contributed by atoms with Crippen LogP contribution in [0.4, 0.5) is 5.69 Å². The highest BCUT2D eigenvalue weighted by Gasteiger charge is 2.32. The van der Waals surface area contributed by atoms with Gasteiger partial charge in [0.15, 0.2) is 18.1 Å². The molecular weight excluding hydrogens is 394 g/mol. The number of anilines is 1. The SMILES string of the molecule is COc1cc(C(=O)Nc2ccc3c(c2)C(=O)N(C)C3=O)cc(OC)c1OCC(N)=O. The van der Waals surface area contributed by atoms with E-state index in [4.69, 9.17) is 19.9 Å². The second-order valence-corrected chi connectivity index (χ2v) is 6.35. The van der Waals surface area contributed by atoms with Crippen LogP contribution < -0.4 is 25.3 Å². The van der Waals surface area contributed by atoms with Crippen LogP contribution in [0.5, 0.6) is 17.2 Å². The number of fused-ring (bicyclic) bond motifs is 1. The number of rotatable bonds is 7. The third kappa shape index (κ3) is 3.75. The molecule has 3 N–H and O–H groups in total. The fourth-order valence-electron chi connectivity index (χ4n) is 2.94. The number of imide groups is 1.